The highest BCUT2D eigenvalue weighted by Gasteiger charge is 2.26. The second kappa shape index (κ2) is 7.34. The van der Waals surface area contributed by atoms with E-state index in [4.69, 9.17) is 9.84 Å². The molecule has 1 aromatic carbocycles. The van der Waals surface area contributed by atoms with Crippen LogP contribution >= 0.6 is 0 Å². The summed E-state index contributed by atoms with van der Waals surface area (Å²) in [4.78, 5) is 10.1. The van der Waals surface area contributed by atoms with Crippen molar-refractivity contribution in [2.75, 3.05) is 26.8 Å². The van der Waals surface area contributed by atoms with E-state index in [1.807, 2.05) is 0 Å². The maximum atomic E-state index is 12.4. The molecule has 0 aliphatic heterocycles. The maximum Gasteiger partial charge on any atom is 0.312 e. The van der Waals surface area contributed by atoms with Crippen LogP contribution in [-0.4, -0.2) is 49.6 Å². The SMILES string of the molecule is CCN(CCCO)S(=O)(=O)c1ccc(OC)c([N+](=O)[O-])c1. The van der Waals surface area contributed by atoms with Crippen LogP contribution in [0.5, 0.6) is 5.75 Å². The van der Waals surface area contributed by atoms with E-state index in [9.17, 15) is 18.5 Å². The Labute approximate surface area is 123 Å². The van der Waals surface area contributed by atoms with Crippen molar-refractivity contribution in [2.45, 2.75) is 18.2 Å². The van der Waals surface area contributed by atoms with Gasteiger partial charge in [-0.15, -0.1) is 0 Å². The lowest BCUT2D eigenvalue weighted by Crippen LogP contribution is -2.32. The second-order valence-electron chi connectivity index (χ2n) is 4.16. The molecular formula is C12H18N2O6S. The average Bonchev–Trinajstić information content (AvgIpc) is 2.46. The van der Waals surface area contributed by atoms with Gasteiger partial charge >= 0.3 is 5.69 Å². The monoisotopic (exact) mass is 318 g/mol. The van der Waals surface area contributed by atoms with Crippen LogP contribution in [0.1, 0.15) is 13.3 Å². The Morgan fingerprint density at radius 2 is 2.10 bits per heavy atom. The molecular weight excluding hydrogens is 300 g/mol. The van der Waals surface area contributed by atoms with Gasteiger partial charge in [0.05, 0.1) is 16.9 Å². The van der Waals surface area contributed by atoms with E-state index in [1.165, 1.54) is 19.2 Å². The molecule has 0 amide bonds. The van der Waals surface area contributed by atoms with Crippen molar-refractivity contribution in [1.29, 1.82) is 0 Å². The maximum absolute atomic E-state index is 12.4. The van der Waals surface area contributed by atoms with Gasteiger partial charge in [-0.25, -0.2) is 8.42 Å². The van der Waals surface area contributed by atoms with Crippen molar-refractivity contribution in [2.24, 2.45) is 0 Å². The predicted octanol–water partition coefficient (Wildman–Crippen LogP) is 0.996. The molecule has 0 heterocycles. The summed E-state index contributed by atoms with van der Waals surface area (Å²) in [5.74, 6) is -0.00245. The number of nitro groups is 1. The highest BCUT2D eigenvalue weighted by molar-refractivity contribution is 7.89. The summed E-state index contributed by atoms with van der Waals surface area (Å²) in [5, 5.41) is 19.8. The minimum atomic E-state index is -3.84. The molecule has 118 valence electrons. The van der Waals surface area contributed by atoms with Gasteiger partial charge < -0.3 is 9.84 Å². The van der Waals surface area contributed by atoms with Crippen molar-refractivity contribution in [3.05, 3.63) is 28.3 Å². The van der Waals surface area contributed by atoms with E-state index < -0.39 is 20.6 Å². The zero-order chi connectivity index (χ0) is 16.0. The normalized spacial score (nSPS) is 11.6. The quantitative estimate of drug-likeness (QED) is 0.565. The Morgan fingerprint density at radius 1 is 1.43 bits per heavy atom. The Hall–Kier alpha value is -1.71. The third-order valence-electron chi connectivity index (χ3n) is 2.90. The third-order valence-corrected chi connectivity index (χ3v) is 4.87. The lowest BCUT2D eigenvalue weighted by atomic mass is 10.3. The fourth-order valence-electron chi connectivity index (χ4n) is 1.82. The van der Waals surface area contributed by atoms with E-state index in [-0.39, 0.29) is 30.3 Å². The zero-order valence-electron chi connectivity index (χ0n) is 11.9. The summed E-state index contributed by atoms with van der Waals surface area (Å²) in [7, 11) is -2.57. The summed E-state index contributed by atoms with van der Waals surface area (Å²) in [6, 6.07) is 3.50. The number of benzene rings is 1. The van der Waals surface area contributed by atoms with E-state index in [1.54, 1.807) is 6.92 Å². The molecule has 0 spiro atoms. The predicted molar refractivity (Wildman–Crippen MR) is 75.8 cm³/mol. The molecule has 0 fully saturated rings. The molecule has 21 heavy (non-hydrogen) atoms. The number of aliphatic hydroxyl groups excluding tert-OH is 1. The molecule has 0 aliphatic rings. The Kier molecular flexibility index (Phi) is 6.06. The molecule has 1 aromatic rings. The Morgan fingerprint density at radius 3 is 2.57 bits per heavy atom. The van der Waals surface area contributed by atoms with Crippen LogP contribution in [0, 0.1) is 10.1 Å². The summed E-state index contributed by atoms with van der Waals surface area (Å²) in [5.41, 5.74) is -0.406. The van der Waals surface area contributed by atoms with Crippen molar-refractivity contribution in [3.63, 3.8) is 0 Å². The summed E-state index contributed by atoms with van der Waals surface area (Å²) in [6.07, 6.45) is 0.297. The molecule has 8 nitrogen and oxygen atoms in total. The van der Waals surface area contributed by atoms with Crippen LogP contribution in [0.25, 0.3) is 0 Å². The number of hydrogen-bond donors (Lipinski definition) is 1. The molecule has 0 atom stereocenters. The van der Waals surface area contributed by atoms with Crippen molar-refractivity contribution < 1.29 is 23.2 Å². The van der Waals surface area contributed by atoms with E-state index in [2.05, 4.69) is 0 Å². The summed E-state index contributed by atoms with van der Waals surface area (Å²) < 4.78 is 30.9. The van der Waals surface area contributed by atoms with Gasteiger partial charge in [-0.3, -0.25) is 10.1 Å². The molecule has 1 N–H and O–H groups in total. The molecule has 0 saturated heterocycles. The van der Waals surface area contributed by atoms with Crippen LogP contribution in [-0.2, 0) is 10.0 Å². The molecule has 0 aromatic heterocycles. The van der Waals surface area contributed by atoms with Crippen molar-refractivity contribution >= 4 is 15.7 Å². The van der Waals surface area contributed by atoms with E-state index in [0.29, 0.717) is 6.42 Å². The minimum absolute atomic E-state index is 0.00245. The van der Waals surface area contributed by atoms with Gasteiger partial charge in [0.2, 0.25) is 10.0 Å². The van der Waals surface area contributed by atoms with Gasteiger partial charge in [-0.05, 0) is 18.6 Å². The Balaban J connectivity index is 3.24. The van der Waals surface area contributed by atoms with Crippen LogP contribution in [0.3, 0.4) is 0 Å². The number of ether oxygens (including phenoxy) is 1. The van der Waals surface area contributed by atoms with Crippen LogP contribution < -0.4 is 4.74 Å². The lowest BCUT2D eigenvalue weighted by molar-refractivity contribution is -0.386. The molecule has 0 unspecified atom stereocenters. The summed E-state index contributed by atoms with van der Waals surface area (Å²) in [6.45, 7) is 1.89. The first-order valence-corrected chi connectivity index (χ1v) is 7.76. The average molecular weight is 318 g/mol. The van der Waals surface area contributed by atoms with Gasteiger partial charge in [0.1, 0.15) is 0 Å². The van der Waals surface area contributed by atoms with Crippen LogP contribution in [0.4, 0.5) is 5.69 Å². The first-order chi connectivity index (χ1) is 9.88. The largest absolute Gasteiger partial charge is 0.490 e. The third kappa shape index (κ3) is 3.90. The minimum Gasteiger partial charge on any atom is -0.490 e. The number of sulfonamides is 1. The number of hydrogen-bond acceptors (Lipinski definition) is 6. The topological polar surface area (TPSA) is 110 Å². The number of nitro benzene ring substituents is 1. The number of rotatable bonds is 8. The van der Waals surface area contributed by atoms with Crippen LogP contribution in [0.2, 0.25) is 0 Å². The highest BCUT2D eigenvalue weighted by atomic mass is 32.2. The van der Waals surface area contributed by atoms with Crippen molar-refractivity contribution in [1.82, 2.24) is 4.31 Å². The fraction of sp³-hybridized carbons (Fsp3) is 0.500. The number of nitrogens with zero attached hydrogens (tertiary/aromatic N) is 2. The summed E-state index contributed by atoms with van der Waals surface area (Å²) >= 11 is 0. The molecule has 0 saturated carbocycles. The smallest absolute Gasteiger partial charge is 0.312 e. The first kappa shape index (κ1) is 17.3. The van der Waals surface area contributed by atoms with Crippen LogP contribution in [0.15, 0.2) is 23.1 Å². The zero-order valence-corrected chi connectivity index (χ0v) is 12.7. The van der Waals surface area contributed by atoms with Gasteiger partial charge in [-0.1, -0.05) is 6.92 Å². The second-order valence-corrected chi connectivity index (χ2v) is 6.10. The fourth-order valence-corrected chi connectivity index (χ4v) is 3.33. The number of methoxy groups -OCH3 is 1. The molecule has 9 heteroatoms. The molecule has 0 aliphatic carbocycles. The molecule has 0 bridgehead atoms. The highest BCUT2D eigenvalue weighted by Crippen LogP contribution is 2.30. The van der Waals surface area contributed by atoms with Gasteiger partial charge in [0.25, 0.3) is 0 Å². The van der Waals surface area contributed by atoms with Gasteiger partial charge in [-0.2, -0.15) is 4.31 Å². The Bertz CT molecular complexity index is 602. The van der Waals surface area contributed by atoms with E-state index in [0.717, 1.165) is 10.4 Å². The van der Waals surface area contributed by atoms with Gasteiger partial charge in [0, 0.05) is 25.8 Å². The lowest BCUT2D eigenvalue weighted by Gasteiger charge is -2.20. The number of aliphatic hydroxyl groups is 1. The standard InChI is InChI=1S/C12H18N2O6S/c1-3-13(7-4-8-15)21(18,19)10-5-6-12(20-2)11(9-10)14(16)17/h5-6,9,15H,3-4,7-8H2,1-2H3. The van der Waals surface area contributed by atoms with E-state index >= 15 is 0 Å². The molecule has 1 rings (SSSR count). The first-order valence-electron chi connectivity index (χ1n) is 6.31. The molecule has 0 radical (unpaired) electrons. The van der Waals surface area contributed by atoms with Gasteiger partial charge in [0.15, 0.2) is 5.75 Å². The van der Waals surface area contributed by atoms with Crippen molar-refractivity contribution in [3.8, 4) is 5.75 Å².